The predicted molar refractivity (Wildman–Crippen MR) is 98.1 cm³/mol. The van der Waals surface area contributed by atoms with Gasteiger partial charge >= 0.3 is 0 Å². The fraction of sp³-hybridized carbons (Fsp3) is 0.611. The van der Waals surface area contributed by atoms with E-state index in [4.69, 9.17) is 9.15 Å². The van der Waals surface area contributed by atoms with E-state index in [-0.39, 0.29) is 18.1 Å². The van der Waals surface area contributed by atoms with Crippen molar-refractivity contribution in [2.45, 2.75) is 44.8 Å². The first-order valence-electron chi connectivity index (χ1n) is 9.19. The molecule has 1 aromatic heterocycles. The average molecular weight is 379 g/mol. The molecule has 7 nitrogen and oxygen atoms in total. The van der Waals surface area contributed by atoms with Crippen LogP contribution in [0.5, 0.6) is 0 Å². The summed E-state index contributed by atoms with van der Waals surface area (Å²) in [7, 11) is -3.50. The van der Waals surface area contributed by atoms with Crippen LogP contribution in [-0.4, -0.2) is 60.4 Å². The van der Waals surface area contributed by atoms with Gasteiger partial charge in [0.15, 0.2) is 11.5 Å². The Hall–Kier alpha value is -1.48. The van der Waals surface area contributed by atoms with E-state index in [0.29, 0.717) is 32.1 Å². The molecule has 0 radical (unpaired) electrons. The van der Waals surface area contributed by atoms with E-state index in [2.05, 4.69) is 4.98 Å². The Bertz CT molecular complexity index is 838. The van der Waals surface area contributed by atoms with Crippen molar-refractivity contribution >= 4 is 21.3 Å². The van der Waals surface area contributed by atoms with Crippen LogP contribution >= 0.6 is 0 Å². The lowest BCUT2D eigenvalue weighted by molar-refractivity contribution is -0.0456. The highest BCUT2D eigenvalue weighted by molar-refractivity contribution is 7.86. The number of benzene rings is 1. The maximum atomic E-state index is 13.1. The number of oxazole rings is 1. The van der Waals surface area contributed by atoms with Gasteiger partial charge in [-0.2, -0.15) is 17.0 Å². The zero-order valence-corrected chi connectivity index (χ0v) is 16.0. The highest BCUT2D eigenvalue weighted by atomic mass is 32.2. The third-order valence-corrected chi connectivity index (χ3v) is 7.02. The summed E-state index contributed by atoms with van der Waals surface area (Å²) in [5.41, 5.74) is 1.57. The Morgan fingerprint density at radius 3 is 2.54 bits per heavy atom. The van der Waals surface area contributed by atoms with E-state index in [1.165, 1.54) is 0 Å². The van der Waals surface area contributed by atoms with Gasteiger partial charge < -0.3 is 9.15 Å². The maximum Gasteiger partial charge on any atom is 0.282 e. The number of hydrogen-bond acceptors (Lipinski definition) is 5. The molecule has 3 atom stereocenters. The van der Waals surface area contributed by atoms with Crippen LogP contribution in [-0.2, 0) is 14.9 Å². The number of para-hydroxylation sites is 2. The summed E-state index contributed by atoms with van der Waals surface area (Å²) >= 11 is 0. The van der Waals surface area contributed by atoms with E-state index in [1.54, 1.807) is 8.61 Å². The highest BCUT2D eigenvalue weighted by Gasteiger charge is 2.38. The molecule has 142 valence electrons. The molecule has 0 aliphatic carbocycles. The summed E-state index contributed by atoms with van der Waals surface area (Å²) in [5, 5.41) is 0. The number of morpholine rings is 1. The predicted octanol–water partition coefficient (Wildman–Crippen LogP) is 2.36. The van der Waals surface area contributed by atoms with Crippen molar-refractivity contribution in [3.8, 4) is 0 Å². The molecule has 26 heavy (non-hydrogen) atoms. The molecule has 2 saturated heterocycles. The lowest BCUT2D eigenvalue weighted by Crippen LogP contribution is -2.54. The first-order valence-corrected chi connectivity index (χ1v) is 10.6. The summed E-state index contributed by atoms with van der Waals surface area (Å²) in [6, 6.07) is 7.64. The van der Waals surface area contributed by atoms with E-state index in [1.807, 2.05) is 38.1 Å². The van der Waals surface area contributed by atoms with Gasteiger partial charge in [0.05, 0.1) is 12.2 Å². The molecule has 4 rings (SSSR count). The Kier molecular flexibility index (Phi) is 4.77. The summed E-state index contributed by atoms with van der Waals surface area (Å²) in [6.45, 7) is 5.58. The highest BCUT2D eigenvalue weighted by Crippen LogP contribution is 2.31. The van der Waals surface area contributed by atoms with Crippen LogP contribution in [0.4, 0.5) is 0 Å². The van der Waals surface area contributed by atoms with Gasteiger partial charge in [-0.1, -0.05) is 12.1 Å². The molecule has 0 unspecified atom stereocenters. The third-order valence-electron chi connectivity index (χ3n) is 5.08. The Balaban J connectivity index is 1.54. The summed E-state index contributed by atoms with van der Waals surface area (Å²) in [4.78, 5) is 4.57. The van der Waals surface area contributed by atoms with Crippen LogP contribution in [0.3, 0.4) is 0 Å². The van der Waals surface area contributed by atoms with Crippen molar-refractivity contribution in [2.75, 3.05) is 26.2 Å². The molecule has 2 fully saturated rings. The smallest absolute Gasteiger partial charge is 0.282 e. The molecule has 1 aromatic carbocycles. The topological polar surface area (TPSA) is 75.9 Å². The number of ether oxygens (including phenoxy) is 1. The van der Waals surface area contributed by atoms with Gasteiger partial charge in [0.25, 0.3) is 10.2 Å². The van der Waals surface area contributed by atoms with Crippen LogP contribution in [0.25, 0.3) is 11.1 Å². The Morgan fingerprint density at radius 1 is 1.08 bits per heavy atom. The van der Waals surface area contributed by atoms with Crippen molar-refractivity contribution in [3.63, 3.8) is 0 Å². The molecule has 2 aliphatic rings. The normalized spacial score (nSPS) is 29.2. The van der Waals surface area contributed by atoms with Gasteiger partial charge in [-0.3, -0.25) is 0 Å². The van der Waals surface area contributed by atoms with E-state index in [0.717, 1.165) is 23.9 Å². The van der Waals surface area contributed by atoms with Crippen molar-refractivity contribution in [1.29, 1.82) is 0 Å². The number of nitrogens with zero attached hydrogens (tertiary/aromatic N) is 3. The Morgan fingerprint density at radius 2 is 1.81 bits per heavy atom. The van der Waals surface area contributed by atoms with Gasteiger partial charge in [-0.25, -0.2) is 4.98 Å². The molecule has 0 saturated carbocycles. The first-order chi connectivity index (χ1) is 12.4. The van der Waals surface area contributed by atoms with Crippen LogP contribution in [0, 0.1) is 0 Å². The van der Waals surface area contributed by atoms with Crippen molar-refractivity contribution < 1.29 is 17.6 Å². The Labute approximate surface area is 154 Å². The molecular weight excluding hydrogens is 354 g/mol. The van der Waals surface area contributed by atoms with Gasteiger partial charge in [0.2, 0.25) is 0 Å². The standard InChI is InChI=1S/C18H25N3O4S/c1-13-10-21(11-14(2)24-13)26(22,23)20-9-5-6-15(12-20)18-19-16-7-3-4-8-17(16)25-18/h3-4,7-8,13-15H,5-6,9-12H2,1-2H3/t13-,14+,15-/m0/s1. The van der Waals surface area contributed by atoms with Crippen LogP contribution in [0.1, 0.15) is 38.5 Å². The first kappa shape index (κ1) is 17.9. The largest absolute Gasteiger partial charge is 0.440 e. The summed E-state index contributed by atoms with van der Waals surface area (Å²) in [6.07, 6.45) is 1.50. The second-order valence-electron chi connectivity index (χ2n) is 7.30. The SMILES string of the molecule is C[C@@H]1CN(S(=O)(=O)N2CCC[C@H](c3nc4ccccc4o3)C2)C[C@H](C)O1. The van der Waals surface area contributed by atoms with Crippen molar-refractivity contribution in [2.24, 2.45) is 0 Å². The number of piperidine rings is 1. The van der Waals surface area contributed by atoms with E-state index in [9.17, 15) is 8.42 Å². The number of aromatic nitrogens is 1. The minimum atomic E-state index is -3.50. The molecule has 0 spiro atoms. The van der Waals surface area contributed by atoms with Gasteiger partial charge in [-0.15, -0.1) is 0 Å². The fourth-order valence-electron chi connectivity index (χ4n) is 3.90. The van der Waals surface area contributed by atoms with Crippen molar-refractivity contribution in [1.82, 2.24) is 13.6 Å². The molecule has 0 bridgehead atoms. The molecule has 0 amide bonds. The van der Waals surface area contributed by atoms with Crippen molar-refractivity contribution in [3.05, 3.63) is 30.2 Å². The van der Waals surface area contributed by atoms with Crippen LogP contribution in [0.2, 0.25) is 0 Å². The number of fused-ring (bicyclic) bond motifs is 1. The second kappa shape index (κ2) is 6.92. The van der Waals surface area contributed by atoms with E-state index >= 15 is 0 Å². The minimum Gasteiger partial charge on any atom is -0.440 e. The van der Waals surface area contributed by atoms with Crippen LogP contribution in [0.15, 0.2) is 28.7 Å². The van der Waals surface area contributed by atoms with E-state index < -0.39 is 10.2 Å². The molecule has 8 heteroatoms. The minimum absolute atomic E-state index is 0.0122. The van der Waals surface area contributed by atoms with Gasteiger partial charge in [0, 0.05) is 32.1 Å². The lowest BCUT2D eigenvalue weighted by atomic mass is 10.00. The lowest BCUT2D eigenvalue weighted by Gasteiger charge is -2.39. The molecule has 0 N–H and O–H groups in total. The quantitative estimate of drug-likeness (QED) is 0.818. The molecule has 2 aliphatic heterocycles. The molecule has 3 heterocycles. The number of rotatable bonds is 3. The number of hydrogen-bond donors (Lipinski definition) is 0. The van der Waals surface area contributed by atoms with Crippen LogP contribution < -0.4 is 0 Å². The van der Waals surface area contributed by atoms with Gasteiger partial charge in [-0.05, 0) is 38.8 Å². The average Bonchev–Trinajstić information content (AvgIpc) is 3.05. The molecule has 2 aromatic rings. The summed E-state index contributed by atoms with van der Waals surface area (Å²) < 4.78 is 40.9. The maximum absolute atomic E-state index is 13.1. The fourth-order valence-corrected chi connectivity index (χ4v) is 5.75. The monoisotopic (exact) mass is 379 g/mol. The second-order valence-corrected chi connectivity index (χ2v) is 9.23. The zero-order valence-electron chi connectivity index (χ0n) is 15.2. The summed E-state index contributed by atoms with van der Waals surface area (Å²) in [5.74, 6) is 0.622. The van der Waals surface area contributed by atoms with Gasteiger partial charge in [0.1, 0.15) is 5.52 Å². The third kappa shape index (κ3) is 3.38. The zero-order chi connectivity index (χ0) is 18.3. The molecular formula is C18H25N3O4S.